The summed E-state index contributed by atoms with van der Waals surface area (Å²) in [6.07, 6.45) is 0. The van der Waals surface area contributed by atoms with E-state index in [1.54, 1.807) is 6.92 Å². The second-order valence-electron chi connectivity index (χ2n) is 5.63. The lowest BCUT2D eigenvalue weighted by Gasteiger charge is -2.24. The number of hydrogen-bond donors (Lipinski definition) is 1. The Hall–Kier alpha value is -2.09. The summed E-state index contributed by atoms with van der Waals surface area (Å²) < 4.78 is 32.5. The Morgan fingerprint density at radius 2 is 1.85 bits per heavy atom. The van der Waals surface area contributed by atoms with Gasteiger partial charge in [-0.2, -0.15) is 0 Å². The van der Waals surface area contributed by atoms with Crippen molar-refractivity contribution in [3.05, 3.63) is 59.7 Å². The lowest BCUT2D eigenvalue weighted by Crippen LogP contribution is -2.34. The average molecular weight is 397 g/mol. The Morgan fingerprint density at radius 1 is 1.15 bits per heavy atom. The van der Waals surface area contributed by atoms with Crippen LogP contribution >= 0.6 is 12.4 Å². The maximum absolute atomic E-state index is 13.1. The second-order valence-corrected chi connectivity index (χ2v) is 7.49. The molecule has 26 heavy (non-hydrogen) atoms. The number of carbonyl (C=O) groups excluding carboxylic acids is 1. The maximum Gasteiger partial charge on any atom is 0.338 e. The van der Waals surface area contributed by atoms with Crippen LogP contribution in [0.2, 0.25) is 0 Å². The molecule has 0 aliphatic carbocycles. The zero-order valence-corrected chi connectivity index (χ0v) is 16.0. The summed E-state index contributed by atoms with van der Waals surface area (Å²) in [7, 11) is -3.71. The summed E-state index contributed by atoms with van der Waals surface area (Å²) in [6, 6.07) is 13.3. The second kappa shape index (κ2) is 8.53. The van der Waals surface area contributed by atoms with Crippen LogP contribution in [0.15, 0.2) is 53.4 Å². The number of nitrogens with one attached hydrogen (secondary N) is 1. The predicted octanol–water partition coefficient (Wildman–Crippen LogP) is 2.58. The van der Waals surface area contributed by atoms with Crippen LogP contribution in [0.5, 0.6) is 0 Å². The number of carbonyl (C=O) groups is 1. The number of esters is 1. The fourth-order valence-electron chi connectivity index (χ4n) is 2.78. The van der Waals surface area contributed by atoms with Gasteiger partial charge in [-0.25, -0.2) is 13.2 Å². The molecule has 1 aliphatic rings. The van der Waals surface area contributed by atoms with E-state index in [9.17, 15) is 13.2 Å². The molecule has 1 N–H and O–H groups in total. The van der Waals surface area contributed by atoms with Gasteiger partial charge in [-0.1, -0.05) is 18.2 Å². The monoisotopic (exact) mass is 396 g/mol. The van der Waals surface area contributed by atoms with E-state index < -0.39 is 16.0 Å². The summed E-state index contributed by atoms with van der Waals surface area (Å²) in [5, 5.41) is 3.23. The third-order valence-corrected chi connectivity index (χ3v) is 5.85. The number of ether oxygens (including phenoxy) is 1. The number of para-hydroxylation sites is 1. The van der Waals surface area contributed by atoms with Crippen molar-refractivity contribution in [3.8, 4) is 0 Å². The van der Waals surface area contributed by atoms with E-state index in [4.69, 9.17) is 4.74 Å². The molecule has 1 heterocycles. The van der Waals surface area contributed by atoms with Gasteiger partial charge >= 0.3 is 5.97 Å². The number of halogens is 1. The van der Waals surface area contributed by atoms with Crippen molar-refractivity contribution >= 4 is 34.1 Å². The Kier molecular flexibility index (Phi) is 6.63. The van der Waals surface area contributed by atoms with Crippen LogP contribution < -0.4 is 9.62 Å². The van der Waals surface area contributed by atoms with Gasteiger partial charge in [0, 0.05) is 19.6 Å². The molecule has 2 aromatic carbocycles. The highest BCUT2D eigenvalue weighted by molar-refractivity contribution is 7.92. The number of hydrogen-bond acceptors (Lipinski definition) is 5. The topological polar surface area (TPSA) is 75.7 Å². The fourth-order valence-corrected chi connectivity index (χ4v) is 4.29. The minimum absolute atomic E-state index is 0. The number of anilines is 1. The molecule has 1 aliphatic heterocycles. The number of nitrogens with zero attached hydrogens (tertiary/aromatic N) is 1. The van der Waals surface area contributed by atoms with E-state index in [1.807, 2.05) is 24.3 Å². The molecule has 0 unspecified atom stereocenters. The van der Waals surface area contributed by atoms with E-state index in [1.165, 1.54) is 28.6 Å². The van der Waals surface area contributed by atoms with Gasteiger partial charge in [0.2, 0.25) is 0 Å². The van der Waals surface area contributed by atoms with E-state index in [-0.39, 0.29) is 23.9 Å². The summed E-state index contributed by atoms with van der Waals surface area (Å²) in [5.41, 5.74) is 1.95. The molecule has 8 heteroatoms. The van der Waals surface area contributed by atoms with Gasteiger partial charge in [-0.05, 0) is 42.8 Å². The Balaban J connectivity index is 0.00000243. The van der Waals surface area contributed by atoms with Crippen LogP contribution in [0.25, 0.3) is 0 Å². The smallest absolute Gasteiger partial charge is 0.338 e. The standard InChI is InChI=1S/C18H20N2O4S.ClH/c1-2-24-18(21)14-7-9-16(10-8-14)25(22,23)20-12-11-19-13-15-5-3-4-6-17(15)20;/h3-10,19H,2,11-13H2,1H3;1H. The molecular weight excluding hydrogens is 376 g/mol. The van der Waals surface area contributed by atoms with E-state index in [0.717, 1.165) is 5.56 Å². The first-order chi connectivity index (χ1) is 12.0. The van der Waals surface area contributed by atoms with Gasteiger partial charge in [0.1, 0.15) is 0 Å². The molecule has 6 nitrogen and oxygen atoms in total. The van der Waals surface area contributed by atoms with Gasteiger partial charge < -0.3 is 10.1 Å². The van der Waals surface area contributed by atoms with Crippen molar-refractivity contribution in [2.24, 2.45) is 0 Å². The van der Waals surface area contributed by atoms with Crippen LogP contribution in [-0.4, -0.2) is 34.1 Å². The molecule has 0 saturated heterocycles. The molecule has 0 bridgehead atoms. The molecule has 0 atom stereocenters. The molecule has 3 rings (SSSR count). The van der Waals surface area contributed by atoms with Crippen LogP contribution in [0.4, 0.5) is 5.69 Å². The number of rotatable bonds is 4. The first-order valence-corrected chi connectivity index (χ1v) is 9.56. The normalized spacial score (nSPS) is 14.0. The van der Waals surface area contributed by atoms with Crippen molar-refractivity contribution in [1.82, 2.24) is 5.32 Å². The number of benzene rings is 2. The summed E-state index contributed by atoms with van der Waals surface area (Å²) in [5.74, 6) is -0.462. The summed E-state index contributed by atoms with van der Waals surface area (Å²) in [6.45, 7) is 3.54. The fraction of sp³-hybridized carbons (Fsp3) is 0.278. The van der Waals surface area contributed by atoms with Crippen LogP contribution in [0.3, 0.4) is 0 Å². The van der Waals surface area contributed by atoms with Crippen molar-refractivity contribution < 1.29 is 17.9 Å². The zero-order valence-electron chi connectivity index (χ0n) is 14.3. The third kappa shape index (κ3) is 4.00. The third-order valence-electron chi connectivity index (χ3n) is 4.02. The van der Waals surface area contributed by atoms with E-state index in [0.29, 0.717) is 30.9 Å². The van der Waals surface area contributed by atoms with Crippen molar-refractivity contribution in [3.63, 3.8) is 0 Å². The first kappa shape index (κ1) is 20.2. The Labute approximate surface area is 159 Å². The zero-order chi connectivity index (χ0) is 17.9. The highest BCUT2D eigenvalue weighted by Crippen LogP contribution is 2.28. The lowest BCUT2D eigenvalue weighted by atomic mass is 10.2. The highest BCUT2D eigenvalue weighted by atomic mass is 35.5. The average Bonchev–Trinajstić information content (AvgIpc) is 2.85. The summed E-state index contributed by atoms with van der Waals surface area (Å²) in [4.78, 5) is 11.9. The predicted molar refractivity (Wildman–Crippen MR) is 102 cm³/mol. The van der Waals surface area contributed by atoms with Gasteiger partial charge in [-0.3, -0.25) is 4.31 Å². The van der Waals surface area contributed by atoms with Crippen molar-refractivity contribution in [1.29, 1.82) is 0 Å². The van der Waals surface area contributed by atoms with Gasteiger partial charge in [0.05, 0.1) is 22.8 Å². The molecule has 0 saturated carbocycles. The lowest BCUT2D eigenvalue weighted by molar-refractivity contribution is 0.0526. The van der Waals surface area contributed by atoms with Crippen molar-refractivity contribution in [2.45, 2.75) is 18.4 Å². The molecule has 0 spiro atoms. The molecule has 140 valence electrons. The first-order valence-electron chi connectivity index (χ1n) is 8.12. The molecule has 0 radical (unpaired) electrons. The molecule has 0 aromatic heterocycles. The minimum Gasteiger partial charge on any atom is -0.462 e. The largest absolute Gasteiger partial charge is 0.462 e. The van der Waals surface area contributed by atoms with Crippen LogP contribution in [0, 0.1) is 0 Å². The molecular formula is C18H21ClN2O4S. The van der Waals surface area contributed by atoms with E-state index >= 15 is 0 Å². The Morgan fingerprint density at radius 3 is 2.54 bits per heavy atom. The van der Waals surface area contributed by atoms with Gasteiger partial charge in [-0.15, -0.1) is 12.4 Å². The van der Waals surface area contributed by atoms with Gasteiger partial charge in [0.15, 0.2) is 0 Å². The SMILES string of the molecule is CCOC(=O)c1ccc(S(=O)(=O)N2CCNCc3ccccc32)cc1.Cl. The molecule has 0 amide bonds. The Bertz CT molecular complexity index is 869. The maximum atomic E-state index is 13.1. The van der Waals surface area contributed by atoms with Crippen LogP contribution in [-0.2, 0) is 21.3 Å². The highest BCUT2D eigenvalue weighted by Gasteiger charge is 2.27. The van der Waals surface area contributed by atoms with Crippen molar-refractivity contribution in [2.75, 3.05) is 24.0 Å². The minimum atomic E-state index is -3.71. The molecule has 0 fully saturated rings. The number of sulfonamides is 1. The van der Waals surface area contributed by atoms with Gasteiger partial charge in [0.25, 0.3) is 10.0 Å². The quantitative estimate of drug-likeness (QED) is 0.804. The van der Waals surface area contributed by atoms with E-state index in [2.05, 4.69) is 5.32 Å². The molecule has 2 aromatic rings. The van der Waals surface area contributed by atoms with Crippen LogP contribution in [0.1, 0.15) is 22.8 Å². The summed E-state index contributed by atoms with van der Waals surface area (Å²) >= 11 is 0. The number of fused-ring (bicyclic) bond motifs is 1.